The molecular weight excluding hydrogens is 312 g/mol. The smallest absolute Gasteiger partial charge is 0.284 e. The lowest BCUT2D eigenvalue weighted by Crippen LogP contribution is -2.42. The van der Waals surface area contributed by atoms with Gasteiger partial charge in [-0.05, 0) is 36.1 Å². The molecule has 2 aromatic carbocycles. The summed E-state index contributed by atoms with van der Waals surface area (Å²) in [7, 11) is 0. The summed E-state index contributed by atoms with van der Waals surface area (Å²) in [4.78, 5) is 13.2. The quantitative estimate of drug-likeness (QED) is 0.532. The van der Waals surface area contributed by atoms with E-state index in [4.69, 9.17) is 9.47 Å². The number of hydrogen-bond acceptors (Lipinski definition) is 5. The number of para-hydroxylation sites is 2. The topological polar surface area (TPSA) is 59.9 Å². The minimum atomic E-state index is -0.707. The van der Waals surface area contributed by atoms with Crippen LogP contribution in [-0.2, 0) is 4.79 Å². The molecule has 0 aromatic heterocycles. The van der Waals surface area contributed by atoms with Gasteiger partial charge in [-0.15, -0.1) is 11.8 Å². The molecule has 0 fully saturated rings. The molecule has 3 rings (SSSR count). The summed E-state index contributed by atoms with van der Waals surface area (Å²) in [5.41, 5.74) is 3.39. The maximum absolute atomic E-state index is 12.1. The Morgan fingerprint density at radius 3 is 2.70 bits per heavy atom. The first kappa shape index (κ1) is 15.4. The van der Waals surface area contributed by atoms with Crippen molar-refractivity contribution in [3.63, 3.8) is 0 Å². The minimum absolute atomic E-state index is 0.167. The summed E-state index contributed by atoms with van der Waals surface area (Å²) in [5, 5.41) is 3.96. The lowest BCUT2D eigenvalue weighted by molar-refractivity contribution is -0.130. The highest BCUT2D eigenvalue weighted by molar-refractivity contribution is 7.98. The number of nitrogens with zero attached hydrogens (tertiary/aromatic N) is 1. The van der Waals surface area contributed by atoms with Gasteiger partial charge >= 0.3 is 0 Å². The van der Waals surface area contributed by atoms with E-state index in [1.165, 1.54) is 4.90 Å². The molecule has 2 aromatic rings. The van der Waals surface area contributed by atoms with Gasteiger partial charge in [0.25, 0.3) is 5.91 Å². The van der Waals surface area contributed by atoms with Crippen LogP contribution < -0.4 is 14.9 Å². The van der Waals surface area contributed by atoms with Gasteiger partial charge in [-0.25, -0.2) is 5.43 Å². The Balaban J connectivity index is 1.56. The number of nitrogens with one attached hydrogen (secondary N) is 1. The van der Waals surface area contributed by atoms with Crippen LogP contribution in [-0.4, -0.2) is 31.1 Å². The Bertz CT molecular complexity index is 716. The van der Waals surface area contributed by atoms with Crippen molar-refractivity contribution in [1.29, 1.82) is 0 Å². The minimum Gasteiger partial charge on any atom is -0.485 e. The average Bonchev–Trinajstić information content (AvgIpc) is 2.61. The number of benzene rings is 2. The lowest BCUT2D eigenvalue weighted by atomic mass is 10.2. The normalized spacial score (nSPS) is 16.3. The molecule has 1 aliphatic rings. The third kappa shape index (κ3) is 3.84. The molecule has 1 unspecified atom stereocenters. The van der Waals surface area contributed by atoms with Crippen LogP contribution in [0, 0.1) is 0 Å². The van der Waals surface area contributed by atoms with E-state index in [1.54, 1.807) is 30.1 Å². The van der Waals surface area contributed by atoms with Crippen LogP contribution in [0.15, 0.2) is 58.5 Å². The van der Waals surface area contributed by atoms with Crippen molar-refractivity contribution >= 4 is 23.9 Å². The summed E-state index contributed by atoms with van der Waals surface area (Å²) < 4.78 is 11.1. The van der Waals surface area contributed by atoms with E-state index >= 15 is 0 Å². The Kier molecular flexibility index (Phi) is 4.83. The second kappa shape index (κ2) is 7.19. The van der Waals surface area contributed by atoms with Gasteiger partial charge in [-0.2, -0.15) is 5.10 Å². The van der Waals surface area contributed by atoms with Crippen LogP contribution in [0.25, 0.3) is 0 Å². The zero-order valence-corrected chi connectivity index (χ0v) is 13.4. The predicted octanol–water partition coefficient (Wildman–Crippen LogP) is 2.70. The Morgan fingerprint density at radius 2 is 1.96 bits per heavy atom. The Labute approximate surface area is 138 Å². The molecule has 1 atom stereocenters. The molecule has 0 bridgehead atoms. The van der Waals surface area contributed by atoms with Crippen molar-refractivity contribution in [2.75, 3.05) is 12.9 Å². The first-order valence-corrected chi connectivity index (χ1v) is 8.34. The zero-order valence-electron chi connectivity index (χ0n) is 12.6. The standard InChI is InChI=1S/C17H16N2O3S/c1-23-13-8-6-12(7-9-13)10-18-19-17(20)16-11-21-14-4-2-3-5-15(14)22-16/h2-10,16H,11H2,1H3,(H,19,20). The number of amides is 1. The van der Waals surface area contributed by atoms with Crippen LogP contribution in [0.4, 0.5) is 0 Å². The van der Waals surface area contributed by atoms with Gasteiger partial charge in [0.15, 0.2) is 11.5 Å². The van der Waals surface area contributed by atoms with E-state index < -0.39 is 6.10 Å². The number of rotatable bonds is 4. The van der Waals surface area contributed by atoms with E-state index in [0.29, 0.717) is 11.5 Å². The molecule has 5 nitrogen and oxygen atoms in total. The van der Waals surface area contributed by atoms with Gasteiger partial charge in [-0.1, -0.05) is 24.3 Å². The van der Waals surface area contributed by atoms with Crippen molar-refractivity contribution < 1.29 is 14.3 Å². The maximum atomic E-state index is 12.1. The highest BCUT2D eigenvalue weighted by atomic mass is 32.2. The molecule has 0 saturated carbocycles. The van der Waals surface area contributed by atoms with Crippen LogP contribution in [0.1, 0.15) is 5.56 Å². The molecule has 0 spiro atoms. The van der Waals surface area contributed by atoms with E-state index in [0.717, 1.165) is 5.56 Å². The van der Waals surface area contributed by atoms with Gasteiger partial charge < -0.3 is 9.47 Å². The molecule has 0 radical (unpaired) electrons. The molecule has 1 N–H and O–H groups in total. The molecule has 118 valence electrons. The van der Waals surface area contributed by atoms with E-state index in [2.05, 4.69) is 10.5 Å². The van der Waals surface area contributed by atoms with Crippen LogP contribution in [0.3, 0.4) is 0 Å². The molecule has 23 heavy (non-hydrogen) atoms. The van der Waals surface area contributed by atoms with Crippen molar-refractivity contribution in [1.82, 2.24) is 5.43 Å². The predicted molar refractivity (Wildman–Crippen MR) is 90.3 cm³/mol. The number of hydrogen-bond donors (Lipinski definition) is 1. The Hall–Kier alpha value is -2.47. The molecular formula is C17H16N2O3S. The number of fused-ring (bicyclic) bond motifs is 1. The second-order valence-electron chi connectivity index (χ2n) is 4.87. The van der Waals surface area contributed by atoms with Crippen molar-refractivity contribution in [2.45, 2.75) is 11.0 Å². The number of ether oxygens (including phenoxy) is 2. The molecule has 6 heteroatoms. The van der Waals surface area contributed by atoms with Gasteiger partial charge in [0, 0.05) is 4.90 Å². The highest BCUT2D eigenvalue weighted by Crippen LogP contribution is 2.30. The van der Waals surface area contributed by atoms with Crippen LogP contribution in [0.2, 0.25) is 0 Å². The van der Waals surface area contributed by atoms with E-state index in [-0.39, 0.29) is 12.5 Å². The largest absolute Gasteiger partial charge is 0.485 e. The lowest BCUT2D eigenvalue weighted by Gasteiger charge is -2.24. The second-order valence-corrected chi connectivity index (χ2v) is 5.75. The van der Waals surface area contributed by atoms with Crippen LogP contribution in [0.5, 0.6) is 11.5 Å². The number of hydrazone groups is 1. The Morgan fingerprint density at radius 1 is 1.22 bits per heavy atom. The molecule has 1 aliphatic heterocycles. The van der Waals surface area contributed by atoms with Crippen molar-refractivity contribution in [3.05, 3.63) is 54.1 Å². The summed E-state index contributed by atoms with van der Waals surface area (Å²) in [6.07, 6.45) is 2.91. The number of thioether (sulfide) groups is 1. The van der Waals surface area contributed by atoms with E-state index in [9.17, 15) is 4.79 Å². The fourth-order valence-corrected chi connectivity index (χ4v) is 2.49. The summed E-state index contributed by atoms with van der Waals surface area (Å²) in [6.45, 7) is 0.167. The fourth-order valence-electron chi connectivity index (χ4n) is 2.08. The summed E-state index contributed by atoms with van der Waals surface area (Å²) in [5.74, 6) is 0.876. The maximum Gasteiger partial charge on any atom is 0.284 e. The first-order valence-electron chi connectivity index (χ1n) is 7.12. The van der Waals surface area contributed by atoms with Gasteiger partial charge in [0.05, 0.1) is 6.21 Å². The van der Waals surface area contributed by atoms with Gasteiger partial charge in [0.1, 0.15) is 6.61 Å². The summed E-state index contributed by atoms with van der Waals surface area (Å²) in [6, 6.07) is 15.2. The van der Waals surface area contributed by atoms with Gasteiger partial charge in [0.2, 0.25) is 6.10 Å². The molecule has 1 amide bonds. The highest BCUT2D eigenvalue weighted by Gasteiger charge is 2.26. The number of carbonyl (C=O) groups excluding carboxylic acids is 1. The average molecular weight is 328 g/mol. The molecule has 1 heterocycles. The summed E-state index contributed by atoms with van der Waals surface area (Å²) >= 11 is 1.67. The molecule has 0 aliphatic carbocycles. The van der Waals surface area contributed by atoms with Gasteiger partial charge in [-0.3, -0.25) is 4.79 Å². The van der Waals surface area contributed by atoms with Crippen molar-refractivity contribution in [2.24, 2.45) is 5.10 Å². The number of carbonyl (C=O) groups is 1. The zero-order chi connectivity index (χ0) is 16.1. The third-order valence-electron chi connectivity index (χ3n) is 3.31. The SMILES string of the molecule is CSc1ccc(C=NNC(=O)C2COc3ccccc3O2)cc1. The monoisotopic (exact) mass is 328 g/mol. The fraction of sp³-hybridized carbons (Fsp3) is 0.176. The molecule has 0 saturated heterocycles. The van der Waals surface area contributed by atoms with Crippen LogP contribution >= 0.6 is 11.8 Å². The van der Waals surface area contributed by atoms with E-state index in [1.807, 2.05) is 42.7 Å². The first-order chi connectivity index (χ1) is 11.3. The van der Waals surface area contributed by atoms with Crippen molar-refractivity contribution in [3.8, 4) is 11.5 Å². The third-order valence-corrected chi connectivity index (χ3v) is 4.05.